The highest BCUT2D eigenvalue weighted by Crippen LogP contribution is 2.36. The van der Waals surface area contributed by atoms with Crippen molar-refractivity contribution in [3.8, 4) is 0 Å². The molecule has 2 aromatic carbocycles. The van der Waals surface area contributed by atoms with E-state index in [-0.39, 0.29) is 23.8 Å². The van der Waals surface area contributed by atoms with Crippen molar-refractivity contribution in [1.82, 2.24) is 9.55 Å². The summed E-state index contributed by atoms with van der Waals surface area (Å²) in [5, 5.41) is 3.50. The van der Waals surface area contributed by atoms with E-state index in [4.69, 9.17) is 0 Å². The second-order valence-corrected chi connectivity index (χ2v) is 9.20. The standard InChI is InChI=1S/C23H23N3O2S2/c1-14-5-4-6-15(11-14)13-30-23-25-22(28)20-18(12-19(27)24-21(20)26(23)2)16-7-9-17(29-3)10-8-16/h4-11,18H,12-13H2,1-3H3,(H,24,27). The number of anilines is 1. The van der Waals surface area contributed by atoms with E-state index in [2.05, 4.69) is 35.4 Å². The molecule has 0 spiro atoms. The fourth-order valence-corrected chi connectivity index (χ4v) is 5.05. The van der Waals surface area contributed by atoms with Crippen LogP contribution in [0.1, 0.15) is 34.6 Å². The van der Waals surface area contributed by atoms with Gasteiger partial charge in [-0.15, -0.1) is 11.8 Å². The molecule has 3 aromatic rings. The van der Waals surface area contributed by atoms with Crippen molar-refractivity contribution >= 4 is 35.2 Å². The molecule has 1 aliphatic heterocycles. The van der Waals surface area contributed by atoms with Gasteiger partial charge in [0, 0.05) is 30.0 Å². The van der Waals surface area contributed by atoms with Crippen molar-refractivity contribution in [1.29, 1.82) is 0 Å². The van der Waals surface area contributed by atoms with E-state index in [9.17, 15) is 9.59 Å². The summed E-state index contributed by atoms with van der Waals surface area (Å²) in [5.41, 5.74) is 3.62. The molecule has 30 heavy (non-hydrogen) atoms. The Morgan fingerprint density at radius 3 is 2.63 bits per heavy atom. The van der Waals surface area contributed by atoms with Gasteiger partial charge in [0.1, 0.15) is 5.82 Å². The number of nitrogens with one attached hydrogen (secondary N) is 1. The zero-order valence-corrected chi connectivity index (χ0v) is 18.8. The predicted molar refractivity (Wildman–Crippen MR) is 124 cm³/mol. The second kappa shape index (κ2) is 8.70. The number of fused-ring (bicyclic) bond motifs is 1. The Labute approximate surface area is 184 Å². The molecule has 0 bridgehead atoms. The summed E-state index contributed by atoms with van der Waals surface area (Å²) in [5.74, 6) is 0.884. The summed E-state index contributed by atoms with van der Waals surface area (Å²) in [7, 11) is 1.85. The van der Waals surface area contributed by atoms with Gasteiger partial charge in [-0.1, -0.05) is 53.7 Å². The number of rotatable bonds is 5. The average Bonchev–Trinajstić information content (AvgIpc) is 2.74. The summed E-state index contributed by atoms with van der Waals surface area (Å²) in [6.45, 7) is 2.06. The minimum Gasteiger partial charge on any atom is -0.312 e. The van der Waals surface area contributed by atoms with Gasteiger partial charge in [0.15, 0.2) is 5.16 Å². The first-order chi connectivity index (χ1) is 14.5. The van der Waals surface area contributed by atoms with Crippen LogP contribution < -0.4 is 10.9 Å². The van der Waals surface area contributed by atoms with Gasteiger partial charge >= 0.3 is 0 Å². The fraction of sp³-hybridized carbons (Fsp3) is 0.261. The first-order valence-corrected chi connectivity index (χ1v) is 11.9. The molecule has 7 heteroatoms. The van der Waals surface area contributed by atoms with Crippen LogP contribution in [0, 0.1) is 6.92 Å². The zero-order chi connectivity index (χ0) is 21.3. The van der Waals surface area contributed by atoms with E-state index < -0.39 is 0 Å². The molecule has 154 valence electrons. The number of thioether (sulfide) groups is 2. The monoisotopic (exact) mass is 437 g/mol. The van der Waals surface area contributed by atoms with Gasteiger partial charge < -0.3 is 9.88 Å². The smallest absolute Gasteiger partial charge is 0.279 e. The Bertz CT molecular complexity index is 1160. The molecule has 0 saturated carbocycles. The molecule has 1 atom stereocenters. The lowest BCUT2D eigenvalue weighted by Crippen LogP contribution is -2.33. The van der Waals surface area contributed by atoms with Gasteiger partial charge in [-0.05, 0) is 36.4 Å². The number of aryl methyl sites for hydroxylation is 1. The van der Waals surface area contributed by atoms with E-state index in [0.717, 1.165) is 10.5 Å². The third-order valence-corrected chi connectivity index (χ3v) is 7.11. The summed E-state index contributed by atoms with van der Waals surface area (Å²) in [4.78, 5) is 31.0. The minimum atomic E-state index is -0.285. The van der Waals surface area contributed by atoms with Crippen molar-refractivity contribution < 1.29 is 4.79 Å². The normalized spacial score (nSPS) is 15.6. The molecule has 1 aromatic heterocycles. The molecule has 0 aliphatic carbocycles. The Hall–Kier alpha value is -2.51. The zero-order valence-electron chi connectivity index (χ0n) is 17.1. The Balaban J connectivity index is 1.69. The lowest BCUT2D eigenvalue weighted by atomic mass is 9.87. The van der Waals surface area contributed by atoms with E-state index in [0.29, 0.717) is 22.3 Å². The Morgan fingerprint density at radius 2 is 1.93 bits per heavy atom. The number of hydrogen-bond acceptors (Lipinski definition) is 5. The molecule has 5 nitrogen and oxygen atoms in total. The van der Waals surface area contributed by atoms with Crippen molar-refractivity contribution in [3.63, 3.8) is 0 Å². The SMILES string of the molecule is CSc1ccc(C2CC(=O)Nc3c2c(=O)nc(SCc2cccc(C)c2)n3C)cc1. The van der Waals surface area contributed by atoms with Crippen LogP contribution in [0.2, 0.25) is 0 Å². The quantitative estimate of drug-likeness (QED) is 0.468. The number of carbonyl (C=O) groups excluding carboxylic acids is 1. The maximum atomic E-state index is 13.0. The van der Waals surface area contributed by atoms with Gasteiger partial charge in [0.2, 0.25) is 5.91 Å². The van der Waals surface area contributed by atoms with Crippen molar-refractivity contribution in [2.75, 3.05) is 11.6 Å². The Morgan fingerprint density at radius 1 is 1.17 bits per heavy atom. The summed E-state index contributed by atoms with van der Waals surface area (Å²) >= 11 is 3.16. The highest BCUT2D eigenvalue weighted by Gasteiger charge is 2.32. The lowest BCUT2D eigenvalue weighted by Gasteiger charge is -2.27. The summed E-state index contributed by atoms with van der Waals surface area (Å²) in [6.07, 6.45) is 2.27. The Kier molecular flexibility index (Phi) is 6.01. The fourth-order valence-electron chi connectivity index (χ4n) is 3.74. The maximum absolute atomic E-state index is 13.0. The molecule has 1 unspecified atom stereocenters. The third-order valence-electron chi connectivity index (χ3n) is 5.27. The molecule has 1 amide bonds. The van der Waals surface area contributed by atoms with Crippen molar-refractivity contribution in [3.05, 3.63) is 81.1 Å². The predicted octanol–water partition coefficient (Wildman–Crippen LogP) is 4.58. The molecule has 4 rings (SSSR count). The first-order valence-electron chi connectivity index (χ1n) is 9.69. The van der Waals surface area contributed by atoms with E-state index in [1.54, 1.807) is 11.8 Å². The molecule has 0 saturated heterocycles. The largest absolute Gasteiger partial charge is 0.312 e. The topological polar surface area (TPSA) is 64.0 Å². The number of benzene rings is 2. The number of amides is 1. The van der Waals surface area contributed by atoms with Crippen LogP contribution in [-0.2, 0) is 17.6 Å². The molecule has 1 N–H and O–H groups in total. The first kappa shape index (κ1) is 20.8. The maximum Gasteiger partial charge on any atom is 0.279 e. The summed E-state index contributed by atoms with van der Waals surface area (Å²) in [6, 6.07) is 16.3. The van der Waals surface area contributed by atoms with E-state index in [1.807, 2.05) is 48.2 Å². The van der Waals surface area contributed by atoms with Crippen LogP contribution in [0.25, 0.3) is 0 Å². The average molecular weight is 438 g/mol. The van der Waals surface area contributed by atoms with Crippen LogP contribution in [-0.4, -0.2) is 21.7 Å². The highest BCUT2D eigenvalue weighted by atomic mass is 32.2. The van der Waals surface area contributed by atoms with E-state index >= 15 is 0 Å². The van der Waals surface area contributed by atoms with Crippen LogP contribution in [0.4, 0.5) is 5.82 Å². The van der Waals surface area contributed by atoms with Crippen molar-refractivity contribution in [2.45, 2.75) is 35.1 Å². The number of nitrogens with zero attached hydrogens (tertiary/aromatic N) is 2. The van der Waals surface area contributed by atoms with Gasteiger partial charge in [0.25, 0.3) is 5.56 Å². The lowest BCUT2D eigenvalue weighted by molar-refractivity contribution is -0.116. The summed E-state index contributed by atoms with van der Waals surface area (Å²) < 4.78 is 1.83. The van der Waals surface area contributed by atoms with Crippen LogP contribution in [0.3, 0.4) is 0 Å². The molecule has 0 radical (unpaired) electrons. The van der Waals surface area contributed by atoms with Gasteiger partial charge in [-0.3, -0.25) is 9.59 Å². The molecule has 0 fully saturated rings. The minimum absolute atomic E-state index is 0.0859. The number of aromatic nitrogens is 2. The second-order valence-electron chi connectivity index (χ2n) is 7.38. The molecule has 2 heterocycles. The molecular formula is C23H23N3O2S2. The van der Waals surface area contributed by atoms with Crippen LogP contribution >= 0.6 is 23.5 Å². The van der Waals surface area contributed by atoms with Crippen LogP contribution in [0.5, 0.6) is 0 Å². The van der Waals surface area contributed by atoms with Gasteiger partial charge in [0.05, 0.1) is 5.56 Å². The number of hydrogen-bond donors (Lipinski definition) is 1. The van der Waals surface area contributed by atoms with Crippen LogP contribution in [0.15, 0.2) is 63.4 Å². The van der Waals surface area contributed by atoms with Gasteiger partial charge in [-0.25, -0.2) is 0 Å². The molecule has 1 aliphatic rings. The highest BCUT2D eigenvalue weighted by molar-refractivity contribution is 7.98. The molecular weight excluding hydrogens is 414 g/mol. The van der Waals surface area contributed by atoms with Gasteiger partial charge in [-0.2, -0.15) is 4.98 Å². The third kappa shape index (κ3) is 4.18. The van der Waals surface area contributed by atoms with Crippen molar-refractivity contribution in [2.24, 2.45) is 7.05 Å². The van der Waals surface area contributed by atoms with E-state index in [1.165, 1.54) is 22.9 Å². The number of carbonyl (C=O) groups is 1.